The Balaban J connectivity index is 2.25. The predicted octanol–water partition coefficient (Wildman–Crippen LogP) is 2.80. The highest BCUT2D eigenvalue weighted by atomic mass is 35.5. The third-order valence-electron chi connectivity index (χ3n) is 3.19. The third kappa shape index (κ3) is 3.14. The average Bonchev–Trinajstić information content (AvgIpc) is 2.85. The Bertz CT molecular complexity index is 536. The minimum Gasteiger partial charge on any atom is -0.330 e. The minimum atomic E-state index is 0.162. The van der Waals surface area contributed by atoms with E-state index in [0.29, 0.717) is 12.6 Å². The summed E-state index contributed by atoms with van der Waals surface area (Å²) in [6, 6.07) is 8.12. The van der Waals surface area contributed by atoms with Crippen LogP contribution in [0.25, 0.3) is 0 Å². The fraction of sp³-hybridized carbons (Fsp3) is 0.429. The summed E-state index contributed by atoms with van der Waals surface area (Å²) in [4.78, 5) is 4.33. The molecule has 5 heteroatoms. The maximum atomic E-state index is 6.24. The van der Waals surface area contributed by atoms with Gasteiger partial charge in [-0.1, -0.05) is 29.8 Å². The quantitative estimate of drug-likeness (QED) is 0.915. The van der Waals surface area contributed by atoms with Gasteiger partial charge < -0.3 is 5.73 Å². The molecule has 0 fully saturated rings. The monoisotopic (exact) mass is 278 g/mol. The van der Waals surface area contributed by atoms with Crippen molar-refractivity contribution in [3.05, 3.63) is 47.0 Å². The fourth-order valence-corrected chi connectivity index (χ4v) is 2.49. The highest BCUT2D eigenvalue weighted by Crippen LogP contribution is 2.26. The summed E-state index contributed by atoms with van der Waals surface area (Å²) >= 11 is 6.24. The Hall–Kier alpha value is -1.39. The van der Waals surface area contributed by atoms with Gasteiger partial charge in [0.15, 0.2) is 0 Å². The van der Waals surface area contributed by atoms with E-state index in [0.717, 1.165) is 22.8 Å². The Kier molecular flexibility index (Phi) is 4.56. The molecule has 102 valence electrons. The first kappa shape index (κ1) is 14.0. The maximum absolute atomic E-state index is 6.24. The molecule has 0 saturated carbocycles. The standard InChI is InChI=1S/C14H19ClN4/c1-10(2)19-14(17-9-18-19)7-11(8-16)12-5-3-4-6-13(12)15/h3-6,9-11H,7-8,16H2,1-2H3. The molecule has 2 aromatic rings. The van der Waals surface area contributed by atoms with Crippen molar-refractivity contribution < 1.29 is 0 Å². The molecule has 0 spiro atoms. The van der Waals surface area contributed by atoms with Crippen molar-refractivity contribution in [3.63, 3.8) is 0 Å². The van der Waals surface area contributed by atoms with Gasteiger partial charge in [0, 0.05) is 23.4 Å². The topological polar surface area (TPSA) is 56.7 Å². The number of nitrogens with two attached hydrogens (primary N) is 1. The van der Waals surface area contributed by atoms with Gasteiger partial charge in [-0.15, -0.1) is 0 Å². The number of halogens is 1. The Labute approximate surface area is 118 Å². The van der Waals surface area contributed by atoms with Crippen molar-refractivity contribution in [3.8, 4) is 0 Å². The van der Waals surface area contributed by atoms with Crippen LogP contribution in [0.1, 0.15) is 37.2 Å². The van der Waals surface area contributed by atoms with Gasteiger partial charge in [-0.3, -0.25) is 0 Å². The summed E-state index contributed by atoms with van der Waals surface area (Å²) in [5, 5.41) is 5.01. The molecule has 0 bridgehead atoms. The molecular formula is C14H19ClN4. The molecule has 1 atom stereocenters. The minimum absolute atomic E-state index is 0.162. The number of hydrogen-bond acceptors (Lipinski definition) is 3. The molecule has 2 N–H and O–H groups in total. The zero-order valence-electron chi connectivity index (χ0n) is 11.3. The van der Waals surface area contributed by atoms with Crippen molar-refractivity contribution in [1.29, 1.82) is 0 Å². The second kappa shape index (κ2) is 6.17. The van der Waals surface area contributed by atoms with Crippen LogP contribution < -0.4 is 5.73 Å². The van der Waals surface area contributed by atoms with Crippen molar-refractivity contribution in [2.24, 2.45) is 5.73 Å². The van der Waals surface area contributed by atoms with E-state index in [1.54, 1.807) is 6.33 Å². The van der Waals surface area contributed by atoms with Crippen molar-refractivity contribution in [2.45, 2.75) is 32.2 Å². The van der Waals surface area contributed by atoms with Crippen molar-refractivity contribution in [1.82, 2.24) is 14.8 Å². The molecule has 1 aromatic carbocycles. The molecule has 19 heavy (non-hydrogen) atoms. The smallest absolute Gasteiger partial charge is 0.138 e. The lowest BCUT2D eigenvalue weighted by molar-refractivity contribution is 0.492. The summed E-state index contributed by atoms with van der Waals surface area (Å²) in [6.07, 6.45) is 2.34. The van der Waals surface area contributed by atoms with Gasteiger partial charge in [-0.2, -0.15) is 5.10 Å². The molecule has 0 aliphatic carbocycles. The number of nitrogens with zero attached hydrogens (tertiary/aromatic N) is 3. The van der Waals surface area contributed by atoms with Gasteiger partial charge in [-0.05, 0) is 32.0 Å². The van der Waals surface area contributed by atoms with Crippen LogP contribution in [0.2, 0.25) is 5.02 Å². The molecule has 1 aromatic heterocycles. The molecule has 2 rings (SSSR count). The first-order valence-electron chi connectivity index (χ1n) is 6.46. The number of hydrogen-bond donors (Lipinski definition) is 1. The summed E-state index contributed by atoms with van der Waals surface area (Å²) in [5.41, 5.74) is 6.97. The van der Waals surface area contributed by atoms with Crippen molar-refractivity contribution >= 4 is 11.6 Å². The lowest BCUT2D eigenvalue weighted by Crippen LogP contribution is -2.19. The van der Waals surface area contributed by atoms with E-state index >= 15 is 0 Å². The van der Waals surface area contributed by atoms with E-state index in [2.05, 4.69) is 23.9 Å². The zero-order chi connectivity index (χ0) is 13.8. The van der Waals surface area contributed by atoms with Crippen LogP contribution >= 0.6 is 11.6 Å². The SMILES string of the molecule is CC(C)n1ncnc1CC(CN)c1ccccc1Cl. The normalized spacial score (nSPS) is 12.9. The van der Waals surface area contributed by atoms with Crippen LogP contribution in [-0.4, -0.2) is 21.3 Å². The van der Waals surface area contributed by atoms with Crippen LogP contribution in [0.5, 0.6) is 0 Å². The van der Waals surface area contributed by atoms with E-state index in [1.807, 2.05) is 28.9 Å². The van der Waals surface area contributed by atoms with Gasteiger partial charge in [0.2, 0.25) is 0 Å². The fourth-order valence-electron chi connectivity index (χ4n) is 2.20. The summed E-state index contributed by atoms with van der Waals surface area (Å²) in [7, 11) is 0. The first-order valence-corrected chi connectivity index (χ1v) is 6.84. The molecule has 0 amide bonds. The van der Waals surface area contributed by atoms with E-state index in [9.17, 15) is 0 Å². The van der Waals surface area contributed by atoms with Crippen LogP contribution in [0.15, 0.2) is 30.6 Å². The average molecular weight is 279 g/mol. The van der Waals surface area contributed by atoms with Gasteiger partial charge >= 0.3 is 0 Å². The van der Waals surface area contributed by atoms with Crippen molar-refractivity contribution in [2.75, 3.05) is 6.54 Å². The Morgan fingerprint density at radius 3 is 2.68 bits per heavy atom. The van der Waals surface area contributed by atoms with Crippen LogP contribution in [0.4, 0.5) is 0 Å². The third-order valence-corrected chi connectivity index (χ3v) is 3.54. The van der Waals surface area contributed by atoms with Gasteiger partial charge in [0.25, 0.3) is 0 Å². The lowest BCUT2D eigenvalue weighted by atomic mass is 9.95. The van der Waals surface area contributed by atoms with E-state index in [-0.39, 0.29) is 5.92 Å². The van der Waals surface area contributed by atoms with Gasteiger partial charge in [0.05, 0.1) is 0 Å². The molecule has 4 nitrogen and oxygen atoms in total. The second-order valence-corrected chi connectivity index (χ2v) is 5.28. The summed E-state index contributed by atoms with van der Waals surface area (Å²) in [5.74, 6) is 1.11. The molecule has 0 aliphatic rings. The molecule has 0 radical (unpaired) electrons. The van der Waals surface area contributed by atoms with E-state index in [4.69, 9.17) is 17.3 Å². The van der Waals surface area contributed by atoms with Gasteiger partial charge in [-0.25, -0.2) is 9.67 Å². The molecule has 1 unspecified atom stereocenters. The number of aromatic nitrogens is 3. The summed E-state index contributed by atoms with van der Waals surface area (Å²) in [6.45, 7) is 4.71. The number of benzene rings is 1. The van der Waals surface area contributed by atoms with E-state index < -0.39 is 0 Å². The molecular weight excluding hydrogens is 260 g/mol. The first-order chi connectivity index (χ1) is 9.13. The molecule has 0 aliphatic heterocycles. The Morgan fingerprint density at radius 2 is 2.05 bits per heavy atom. The molecule has 0 saturated heterocycles. The molecule has 1 heterocycles. The van der Waals surface area contributed by atoms with Crippen LogP contribution in [0, 0.1) is 0 Å². The highest BCUT2D eigenvalue weighted by molar-refractivity contribution is 6.31. The second-order valence-electron chi connectivity index (χ2n) is 4.87. The van der Waals surface area contributed by atoms with Crippen LogP contribution in [0.3, 0.4) is 0 Å². The number of rotatable bonds is 5. The summed E-state index contributed by atoms with van der Waals surface area (Å²) < 4.78 is 1.93. The zero-order valence-corrected chi connectivity index (χ0v) is 12.0. The lowest BCUT2D eigenvalue weighted by Gasteiger charge is -2.17. The maximum Gasteiger partial charge on any atom is 0.138 e. The van der Waals surface area contributed by atoms with Crippen LogP contribution in [-0.2, 0) is 6.42 Å². The largest absolute Gasteiger partial charge is 0.330 e. The van der Waals surface area contributed by atoms with Gasteiger partial charge in [0.1, 0.15) is 12.2 Å². The Morgan fingerprint density at radius 1 is 1.32 bits per heavy atom. The van der Waals surface area contributed by atoms with E-state index in [1.165, 1.54) is 0 Å². The highest BCUT2D eigenvalue weighted by Gasteiger charge is 2.17. The predicted molar refractivity (Wildman–Crippen MR) is 77.4 cm³/mol.